The van der Waals surface area contributed by atoms with Gasteiger partial charge in [-0.05, 0) is 70.6 Å². The van der Waals surface area contributed by atoms with Crippen molar-refractivity contribution in [2.24, 2.45) is 10.8 Å². The van der Waals surface area contributed by atoms with Crippen LogP contribution >= 0.6 is 0 Å². The van der Waals surface area contributed by atoms with Gasteiger partial charge < -0.3 is 4.74 Å². The Kier molecular flexibility index (Phi) is 1.78. The zero-order valence-electron chi connectivity index (χ0n) is 11.6. The first-order valence-electron chi connectivity index (χ1n) is 8.49. The highest BCUT2D eigenvalue weighted by Gasteiger charge is 2.80. The predicted octanol–water partition coefficient (Wildman–Crippen LogP) is 4.59. The van der Waals surface area contributed by atoms with Gasteiger partial charge in [-0.15, -0.1) is 0 Å². The summed E-state index contributed by atoms with van der Waals surface area (Å²) >= 11 is 0. The molecule has 1 heterocycles. The summed E-state index contributed by atoms with van der Waals surface area (Å²) in [5, 5.41) is 0. The van der Waals surface area contributed by atoms with Crippen molar-refractivity contribution in [3.63, 3.8) is 0 Å². The molecule has 0 unspecified atom stereocenters. The van der Waals surface area contributed by atoms with Gasteiger partial charge in [-0.3, -0.25) is 0 Å². The Hall–Kier alpha value is -0.0400. The van der Waals surface area contributed by atoms with Crippen LogP contribution < -0.4 is 0 Å². The second-order valence-corrected chi connectivity index (χ2v) is 8.02. The zero-order valence-corrected chi connectivity index (χ0v) is 11.6. The molecule has 4 aliphatic carbocycles. The SMILES string of the molecule is C1CC23CCCC2(C1)[C@@]12CCCC[C@@]1(CCC2)O3. The van der Waals surface area contributed by atoms with Crippen LogP contribution in [-0.2, 0) is 4.74 Å². The maximum atomic E-state index is 7.09. The van der Waals surface area contributed by atoms with Crippen molar-refractivity contribution in [1.82, 2.24) is 0 Å². The van der Waals surface area contributed by atoms with E-state index in [1.807, 2.05) is 0 Å². The number of hydrogen-bond acceptors (Lipinski definition) is 1. The lowest BCUT2D eigenvalue weighted by molar-refractivity contribution is -0.137. The molecule has 100 valence electrons. The molecule has 5 aliphatic rings. The van der Waals surface area contributed by atoms with E-state index in [4.69, 9.17) is 4.74 Å². The Balaban J connectivity index is 1.75. The van der Waals surface area contributed by atoms with Gasteiger partial charge in [0.25, 0.3) is 0 Å². The van der Waals surface area contributed by atoms with E-state index in [2.05, 4.69) is 0 Å². The summed E-state index contributed by atoms with van der Waals surface area (Å²) in [5.41, 5.74) is 1.98. The summed E-state index contributed by atoms with van der Waals surface area (Å²) in [6.07, 6.45) is 18.9. The first-order chi connectivity index (χ1) is 8.79. The molecule has 18 heavy (non-hydrogen) atoms. The van der Waals surface area contributed by atoms with Gasteiger partial charge in [0.2, 0.25) is 0 Å². The normalized spacial score (nSPS) is 61.3. The van der Waals surface area contributed by atoms with Crippen LogP contribution in [0, 0.1) is 10.8 Å². The lowest BCUT2D eigenvalue weighted by Crippen LogP contribution is -2.51. The second kappa shape index (κ2) is 3.00. The smallest absolute Gasteiger partial charge is 0.0752 e. The molecule has 4 saturated carbocycles. The maximum Gasteiger partial charge on any atom is 0.0752 e. The molecule has 1 aliphatic heterocycles. The fraction of sp³-hybridized carbons (Fsp3) is 1.00. The molecular weight excluding hydrogens is 220 g/mol. The molecule has 0 aromatic carbocycles. The first kappa shape index (κ1) is 10.7. The van der Waals surface area contributed by atoms with E-state index in [1.54, 1.807) is 0 Å². The van der Waals surface area contributed by atoms with Crippen molar-refractivity contribution in [2.75, 3.05) is 0 Å². The summed E-state index contributed by atoms with van der Waals surface area (Å²) in [6.45, 7) is 0. The minimum absolute atomic E-state index is 0.353. The largest absolute Gasteiger partial charge is 0.367 e. The summed E-state index contributed by atoms with van der Waals surface area (Å²) in [4.78, 5) is 0. The molecule has 5 fully saturated rings. The lowest BCUT2D eigenvalue weighted by atomic mass is 9.50. The highest BCUT2D eigenvalue weighted by Crippen LogP contribution is 2.82. The first-order valence-corrected chi connectivity index (χ1v) is 8.49. The third-order valence-corrected chi connectivity index (χ3v) is 8.04. The molecule has 1 heteroatoms. The van der Waals surface area contributed by atoms with Crippen molar-refractivity contribution in [2.45, 2.75) is 94.7 Å². The van der Waals surface area contributed by atoms with Gasteiger partial charge in [-0.2, -0.15) is 0 Å². The van der Waals surface area contributed by atoms with Crippen molar-refractivity contribution >= 4 is 0 Å². The summed E-state index contributed by atoms with van der Waals surface area (Å²) in [5.74, 6) is 0. The molecule has 0 aromatic heterocycles. The lowest BCUT2D eigenvalue weighted by Gasteiger charge is -2.51. The van der Waals surface area contributed by atoms with Gasteiger partial charge in [-0.25, -0.2) is 0 Å². The van der Waals surface area contributed by atoms with Crippen molar-refractivity contribution in [1.29, 1.82) is 0 Å². The molecule has 2 atom stereocenters. The Bertz CT molecular complexity index is 390. The minimum Gasteiger partial charge on any atom is -0.367 e. The second-order valence-electron chi connectivity index (χ2n) is 8.02. The monoisotopic (exact) mass is 246 g/mol. The van der Waals surface area contributed by atoms with E-state index in [-0.39, 0.29) is 0 Å². The number of ether oxygens (including phenoxy) is 1. The van der Waals surface area contributed by atoms with Crippen molar-refractivity contribution in [3.05, 3.63) is 0 Å². The van der Waals surface area contributed by atoms with Crippen LogP contribution in [0.25, 0.3) is 0 Å². The van der Waals surface area contributed by atoms with Gasteiger partial charge in [0.05, 0.1) is 11.2 Å². The van der Waals surface area contributed by atoms with Crippen LogP contribution in [0.1, 0.15) is 83.5 Å². The van der Waals surface area contributed by atoms with Crippen LogP contribution in [0.4, 0.5) is 0 Å². The van der Waals surface area contributed by atoms with E-state index in [9.17, 15) is 0 Å². The molecule has 0 radical (unpaired) electrons. The average Bonchev–Trinajstić information content (AvgIpc) is 2.98. The Morgan fingerprint density at radius 3 is 1.39 bits per heavy atom. The van der Waals surface area contributed by atoms with Gasteiger partial charge in [0.15, 0.2) is 0 Å². The maximum absolute atomic E-state index is 7.09. The fourth-order valence-electron chi connectivity index (χ4n) is 7.84. The van der Waals surface area contributed by atoms with Gasteiger partial charge in [0.1, 0.15) is 0 Å². The molecule has 1 saturated heterocycles. The molecule has 0 spiro atoms. The third kappa shape index (κ3) is 0.821. The van der Waals surface area contributed by atoms with E-state index in [0.717, 1.165) is 0 Å². The third-order valence-electron chi connectivity index (χ3n) is 8.04. The zero-order chi connectivity index (χ0) is 11.9. The molecule has 0 amide bonds. The predicted molar refractivity (Wildman–Crippen MR) is 71.4 cm³/mol. The fourth-order valence-corrected chi connectivity index (χ4v) is 7.84. The van der Waals surface area contributed by atoms with Crippen LogP contribution in [0.3, 0.4) is 0 Å². The van der Waals surface area contributed by atoms with Gasteiger partial charge in [-0.1, -0.05) is 12.8 Å². The van der Waals surface area contributed by atoms with E-state index >= 15 is 0 Å². The van der Waals surface area contributed by atoms with Crippen LogP contribution in [-0.4, -0.2) is 11.2 Å². The molecule has 5 rings (SSSR count). The topological polar surface area (TPSA) is 9.23 Å². The molecular formula is C17H26O. The summed E-state index contributed by atoms with van der Waals surface area (Å²) in [7, 11) is 0. The van der Waals surface area contributed by atoms with Crippen molar-refractivity contribution < 1.29 is 4.74 Å². The van der Waals surface area contributed by atoms with Crippen LogP contribution in [0.5, 0.6) is 0 Å². The molecule has 0 bridgehead atoms. The molecule has 0 N–H and O–H groups in total. The van der Waals surface area contributed by atoms with E-state index in [0.29, 0.717) is 22.0 Å². The standard InChI is InChI=1S/C17H26O/c1-2-10-16-11-3-7-14(16,6-1)15-8-4-12-17(15,18-16)13-5-9-15/h1-13H2/t14-,15?,16-,17?/m0/s1. The highest BCUT2D eigenvalue weighted by atomic mass is 16.5. The molecule has 1 nitrogen and oxygen atoms in total. The molecule has 0 aromatic rings. The Morgan fingerprint density at radius 2 is 0.833 bits per heavy atom. The van der Waals surface area contributed by atoms with Crippen molar-refractivity contribution in [3.8, 4) is 0 Å². The van der Waals surface area contributed by atoms with Crippen LogP contribution in [0.15, 0.2) is 0 Å². The quantitative estimate of drug-likeness (QED) is 0.607. The Labute approximate surface area is 111 Å². The number of hydrogen-bond donors (Lipinski definition) is 0. The average molecular weight is 246 g/mol. The van der Waals surface area contributed by atoms with Gasteiger partial charge in [0, 0.05) is 10.8 Å². The summed E-state index contributed by atoms with van der Waals surface area (Å²) < 4.78 is 7.09. The summed E-state index contributed by atoms with van der Waals surface area (Å²) in [6, 6.07) is 0. The highest BCUT2D eigenvalue weighted by molar-refractivity contribution is 5.29. The van der Waals surface area contributed by atoms with Crippen LogP contribution in [0.2, 0.25) is 0 Å². The van der Waals surface area contributed by atoms with E-state index < -0.39 is 0 Å². The van der Waals surface area contributed by atoms with Gasteiger partial charge >= 0.3 is 0 Å². The minimum atomic E-state index is 0.353. The number of rotatable bonds is 0. The van der Waals surface area contributed by atoms with E-state index in [1.165, 1.54) is 83.5 Å². The Morgan fingerprint density at radius 1 is 0.444 bits per heavy atom.